The third-order valence-corrected chi connectivity index (χ3v) is 4.45. The van der Waals surface area contributed by atoms with Gasteiger partial charge in [0.2, 0.25) is 0 Å². The molecular weight excluding hydrogens is 290 g/mol. The average Bonchev–Trinajstić information content (AvgIpc) is 2.96. The van der Waals surface area contributed by atoms with Gasteiger partial charge in [-0.3, -0.25) is 4.79 Å². The molecule has 23 heavy (non-hydrogen) atoms. The fraction of sp³-hybridized carbons (Fsp3) is 0.333. The van der Waals surface area contributed by atoms with Crippen LogP contribution in [-0.4, -0.2) is 27.0 Å². The van der Waals surface area contributed by atoms with Crippen molar-refractivity contribution >= 4 is 17.3 Å². The molecule has 0 radical (unpaired) electrons. The SMILES string of the molecule is O=C1CC(O)Nc2c(C3=CCCCC3)c(-c3ccccc3)nn21. The molecule has 2 N–H and O–H groups in total. The number of allylic oxidation sites excluding steroid dienone is 2. The minimum Gasteiger partial charge on any atom is -0.373 e. The molecule has 0 saturated carbocycles. The summed E-state index contributed by atoms with van der Waals surface area (Å²) in [4.78, 5) is 12.3. The molecule has 5 heteroatoms. The van der Waals surface area contributed by atoms with Crippen LogP contribution < -0.4 is 5.32 Å². The minimum absolute atomic E-state index is 0.0431. The zero-order chi connectivity index (χ0) is 15.8. The topological polar surface area (TPSA) is 67.2 Å². The van der Waals surface area contributed by atoms with E-state index in [0.717, 1.165) is 36.1 Å². The van der Waals surface area contributed by atoms with E-state index >= 15 is 0 Å². The van der Waals surface area contributed by atoms with E-state index < -0.39 is 6.23 Å². The lowest BCUT2D eigenvalue weighted by Gasteiger charge is -2.22. The summed E-state index contributed by atoms with van der Waals surface area (Å²) >= 11 is 0. The number of benzene rings is 1. The predicted molar refractivity (Wildman–Crippen MR) is 89.0 cm³/mol. The first-order chi connectivity index (χ1) is 11.2. The highest BCUT2D eigenvalue weighted by atomic mass is 16.3. The van der Waals surface area contributed by atoms with Crippen molar-refractivity contribution in [2.75, 3.05) is 5.32 Å². The number of carbonyl (C=O) groups is 1. The van der Waals surface area contributed by atoms with Crippen LogP contribution in [0.4, 0.5) is 5.82 Å². The van der Waals surface area contributed by atoms with Crippen LogP contribution in [0.5, 0.6) is 0 Å². The van der Waals surface area contributed by atoms with Crippen LogP contribution in [0.2, 0.25) is 0 Å². The quantitative estimate of drug-likeness (QED) is 0.893. The molecule has 4 rings (SSSR count). The van der Waals surface area contributed by atoms with Crippen LogP contribution in [0.1, 0.15) is 42.5 Å². The Hall–Kier alpha value is -2.40. The highest BCUT2D eigenvalue weighted by Gasteiger charge is 2.31. The second-order valence-electron chi connectivity index (χ2n) is 6.08. The summed E-state index contributed by atoms with van der Waals surface area (Å²) in [5, 5.41) is 17.5. The number of anilines is 1. The van der Waals surface area contributed by atoms with Crippen molar-refractivity contribution in [1.29, 1.82) is 0 Å². The lowest BCUT2D eigenvalue weighted by atomic mass is 9.91. The molecule has 0 bridgehead atoms. The number of nitrogens with one attached hydrogen (secondary N) is 1. The molecule has 2 aliphatic rings. The Morgan fingerprint density at radius 1 is 1.22 bits per heavy atom. The molecule has 1 aliphatic heterocycles. The summed E-state index contributed by atoms with van der Waals surface area (Å²) in [7, 11) is 0. The van der Waals surface area contributed by atoms with E-state index in [4.69, 9.17) is 0 Å². The fourth-order valence-electron chi connectivity index (χ4n) is 3.36. The number of aliphatic hydroxyl groups excluding tert-OH is 1. The Balaban J connectivity index is 1.93. The van der Waals surface area contributed by atoms with Crippen LogP contribution in [0.15, 0.2) is 36.4 Å². The first-order valence-electron chi connectivity index (χ1n) is 8.09. The van der Waals surface area contributed by atoms with Gasteiger partial charge in [-0.2, -0.15) is 9.78 Å². The van der Waals surface area contributed by atoms with Crippen molar-refractivity contribution in [2.45, 2.75) is 38.3 Å². The van der Waals surface area contributed by atoms with Gasteiger partial charge in [0, 0.05) is 11.1 Å². The summed E-state index contributed by atoms with van der Waals surface area (Å²) in [6, 6.07) is 9.91. The highest BCUT2D eigenvalue weighted by molar-refractivity contribution is 5.93. The largest absolute Gasteiger partial charge is 0.373 e. The first kappa shape index (κ1) is 14.2. The van der Waals surface area contributed by atoms with Crippen molar-refractivity contribution in [3.8, 4) is 11.3 Å². The van der Waals surface area contributed by atoms with Crippen molar-refractivity contribution in [2.24, 2.45) is 0 Å². The maximum atomic E-state index is 12.3. The molecule has 2 heterocycles. The number of hydrogen-bond donors (Lipinski definition) is 2. The lowest BCUT2D eigenvalue weighted by Crippen LogP contribution is -2.33. The Kier molecular flexibility index (Phi) is 3.50. The standard InChI is InChI=1S/C18H19N3O2/c22-14-11-15(23)21-18(19-14)16(12-7-3-1-4-8-12)17(20-21)13-9-5-2-6-10-13/h2,5-7,9-10,14,19,22H,1,3-4,8,11H2. The number of carbonyl (C=O) groups excluding carboxylic acids is 1. The molecule has 1 unspecified atom stereocenters. The van der Waals surface area contributed by atoms with Crippen LogP contribution >= 0.6 is 0 Å². The minimum atomic E-state index is -0.849. The average molecular weight is 309 g/mol. The predicted octanol–water partition coefficient (Wildman–Crippen LogP) is 3.28. The lowest BCUT2D eigenvalue weighted by molar-refractivity contribution is 0.0785. The van der Waals surface area contributed by atoms with Gasteiger partial charge < -0.3 is 10.4 Å². The van der Waals surface area contributed by atoms with Gasteiger partial charge in [0.15, 0.2) is 0 Å². The van der Waals surface area contributed by atoms with E-state index in [1.807, 2.05) is 30.3 Å². The molecule has 118 valence electrons. The number of aromatic nitrogens is 2. The number of nitrogens with zero attached hydrogens (tertiary/aromatic N) is 2. The molecule has 0 saturated heterocycles. The van der Waals surface area contributed by atoms with Crippen LogP contribution in [0.3, 0.4) is 0 Å². The van der Waals surface area contributed by atoms with E-state index in [1.165, 1.54) is 16.7 Å². The molecule has 1 atom stereocenters. The highest BCUT2D eigenvalue weighted by Crippen LogP contribution is 2.40. The number of aliphatic hydroxyl groups is 1. The molecule has 1 aromatic heterocycles. The summed E-state index contributed by atoms with van der Waals surface area (Å²) < 4.78 is 1.42. The molecular formula is C18H19N3O2. The zero-order valence-corrected chi connectivity index (χ0v) is 12.8. The van der Waals surface area contributed by atoms with Crippen LogP contribution in [0.25, 0.3) is 16.8 Å². The maximum absolute atomic E-state index is 12.3. The molecule has 0 spiro atoms. The molecule has 1 aliphatic carbocycles. The van der Waals surface area contributed by atoms with Gasteiger partial charge in [0.1, 0.15) is 17.7 Å². The van der Waals surface area contributed by atoms with E-state index in [0.29, 0.717) is 5.82 Å². The van der Waals surface area contributed by atoms with Crippen molar-refractivity contribution in [3.63, 3.8) is 0 Å². The third kappa shape index (κ3) is 2.47. The summed E-state index contributed by atoms with van der Waals surface area (Å²) in [6.07, 6.45) is 5.79. The summed E-state index contributed by atoms with van der Waals surface area (Å²) in [6.45, 7) is 0. The molecule has 1 aromatic carbocycles. The van der Waals surface area contributed by atoms with Gasteiger partial charge in [0.25, 0.3) is 5.91 Å². The second kappa shape index (κ2) is 5.66. The maximum Gasteiger partial charge on any atom is 0.253 e. The van der Waals surface area contributed by atoms with Gasteiger partial charge in [-0.25, -0.2) is 0 Å². The van der Waals surface area contributed by atoms with Crippen LogP contribution in [0, 0.1) is 0 Å². The van der Waals surface area contributed by atoms with Gasteiger partial charge in [-0.1, -0.05) is 36.4 Å². The first-order valence-corrected chi connectivity index (χ1v) is 8.09. The number of fused-ring (bicyclic) bond motifs is 1. The van der Waals surface area contributed by atoms with Crippen molar-refractivity contribution in [3.05, 3.63) is 42.0 Å². The molecule has 5 nitrogen and oxygen atoms in total. The number of hydrogen-bond acceptors (Lipinski definition) is 4. The monoisotopic (exact) mass is 309 g/mol. The van der Waals surface area contributed by atoms with E-state index in [-0.39, 0.29) is 12.3 Å². The van der Waals surface area contributed by atoms with Crippen LogP contribution in [-0.2, 0) is 0 Å². The summed E-state index contributed by atoms with van der Waals surface area (Å²) in [5.41, 5.74) is 3.97. The fourth-order valence-corrected chi connectivity index (χ4v) is 3.36. The molecule has 2 aromatic rings. The van der Waals surface area contributed by atoms with Gasteiger partial charge in [0.05, 0.1) is 6.42 Å². The summed E-state index contributed by atoms with van der Waals surface area (Å²) in [5.74, 6) is 0.451. The van der Waals surface area contributed by atoms with E-state index in [2.05, 4.69) is 16.5 Å². The third-order valence-electron chi connectivity index (χ3n) is 4.45. The van der Waals surface area contributed by atoms with Gasteiger partial charge in [-0.05, 0) is 31.3 Å². The van der Waals surface area contributed by atoms with Crippen molar-refractivity contribution < 1.29 is 9.90 Å². The van der Waals surface area contributed by atoms with Gasteiger partial charge in [-0.15, -0.1) is 0 Å². The zero-order valence-electron chi connectivity index (χ0n) is 12.8. The van der Waals surface area contributed by atoms with Gasteiger partial charge >= 0.3 is 0 Å². The van der Waals surface area contributed by atoms with Crippen molar-refractivity contribution in [1.82, 2.24) is 9.78 Å². The number of rotatable bonds is 2. The Labute approximate surface area is 134 Å². The molecule has 0 amide bonds. The second-order valence-corrected chi connectivity index (χ2v) is 6.08. The van der Waals surface area contributed by atoms with E-state index in [1.54, 1.807) is 0 Å². The Morgan fingerprint density at radius 2 is 2.04 bits per heavy atom. The molecule has 0 fully saturated rings. The Bertz CT molecular complexity index is 777. The normalized spacial score (nSPS) is 20.7. The van der Waals surface area contributed by atoms with E-state index in [9.17, 15) is 9.90 Å². The smallest absolute Gasteiger partial charge is 0.253 e. The Morgan fingerprint density at radius 3 is 2.78 bits per heavy atom.